The number of aromatic nitrogens is 1. The quantitative estimate of drug-likeness (QED) is 0.601. The third-order valence-corrected chi connectivity index (χ3v) is 5.57. The minimum absolute atomic E-state index is 0.292. The zero-order chi connectivity index (χ0) is 13.7. The van der Waals surface area contributed by atoms with Crippen LogP contribution in [0.4, 0.5) is 0 Å². The predicted molar refractivity (Wildman–Crippen MR) is 87.0 cm³/mol. The van der Waals surface area contributed by atoms with Gasteiger partial charge in [-0.3, -0.25) is 0 Å². The Labute approximate surface area is 123 Å². The highest BCUT2D eigenvalue weighted by Gasteiger charge is 2.14. The largest absolute Gasteiger partial charge is 0.330 e. The van der Waals surface area contributed by atoms with Crippen LogP contribution in [-0.4, -0.2) is 17.3 Å². The van der Waals surface area contributed by atoms with E-state index < -0.39 is 0 Å². The average molecular weight is 294 g/mol. The number of fused-ring (bicyclic) bond motifs is 1. The van der Waals surface area contributed by atoms with E-state index in [-0.39, 0.29) is 0 Å². The van der Waals surface area contributed by atoms with Crippen LogP contribution < -0.4 is 5.73 Å². The zero-order valence-electron chi connectivity index (χ0n) is 11.7. The van der Waals surface area contributed by atoms with Crippen molar-refractivity contribution in [3.05, 3.63) is 24.3 Å². The Morgan fingerprint density at radius 3 is 2.79 bits per heavy atom. The van der Waals surface area contributed by atoms with Gasteiger partial charge in [-0.25, -0.2) is 4.98 Å². The van der Waals surface area contributed by atoms with Crippen molar-refractivity contribution < 1.29 is 0 Å². The van der Waals surface area contributed by atoms with Crippen molar-refractivity contribution in [3.8, 4) is 0 Å². The van der Waals surface area contributed by atoms with Crippen molar-refractivity contribution in [2.45, 2.75) is 37.4 Å². The lowest BCUT2D eigenvalue weighted by Crippen LogP contribution is -2.23. The summed E-state index contributed by atoms with van der Waals surface area (Å²) < 4.78 is 2.48. The van der Waals surface area contributed by atoms with Crippen molar-refractivity contribution in [2.75, 3.05) is 12.3 Å². The van der Waals surface area contributed by atoms with Crippen molar-refractivity contribution in [1.82, 2.24) is 4.98 Å². The van der Waals surface area contributed by atoms with Gasteiger partial charge in [-0.1, -0.05) is 44.2 Å². The van der Waals surface area contributed by atoms with Crippen LogP contribution >= 0.6 is 23.1 Å². The van der Waals surface area contributed by atoms with Crippen LogP contribution in [0.1, 0.15) is 33.1 Å². The van der Waals surface area contributed by atoms with Gasteiger partial charge >= 0.3 is 0 Å². The Balaban J connectivity index is 1.74. The fourth-order valence-corrected chi connectivity index (χ4v) is 4.02. The van der Waals surface area contributed by atoms with Crippen molar-refractivity contribution in [3.63, 3.8) is 0 Å². The van der Waals surface area contributed by atoms with Gasteiger partial charge in [0.25, 0.3) is 0 Å². The molecule has 0 saturated heterocycles. The number of nitrogens with zero attached hydrogens (tertiary/aromatic N) is 1. The molecule has 104 valence electrons. The van der Waals surface area contributed by atoms with Crippen LogP contribution in [0.5, 0.6) is 0 Å². The normalized spacial score (nSPS) is 12.2. The van der Waals surface area contributed by atoms with Gasteiger partial charge < -0.3 is 5.73 Å². The van der Waals surface area contributed by atoms with Gasteiger partial charge in [-0.2, -0.15) is 0 Å². The number of hydrogen-bond donors (Lipinski definition) is 1. The summed E-state index contributed by atoms with van der Waals surface area (Å²) in [6, 6.07) is 8.34. The summed E-state index contributed by atoms with van der Waals surface area (Å²) in [5.41, 5.74) is 7.16. The Kier molecular flexibility index (Phi) is 5.25. The standard InChI is InChI=1S/C15H22N2S2/c1-15(2,11-16)9-5-6-10-18-14-17-12-7-3-4-8-13(12)19-14/h3-4,7-8H,5-6,9-11,16H2,1-2H3. The molecular weight excluding hydrogens is 272 g/mol. The van der Waals surface area contributed by atoms with Gasteiger partial charge in [0.1, 0.15) is 0 Å². The molecule has 0 amide bonds. The van der Waals surface area contributed by atoms with Gasteiger partial charge in [0, 0.05) is 5.75 Å². The molecule has 1 aromatic carbocycles. The van der Waals surface area contributed by atoms with Crippen LogP contribution in [0.3, 0.4) is 0 Å². The molecule has 0 saturated carbocycles. The molecule has 1 aromatic heterocycles. The fraction of sp³-hybridized carbons (Fsp3) is 0.533. The Hall–Kier alpha value is -0.580. The zero-order valence-corrected chi connectivity index (χ0v) is 13.3. The fourth-order valence-electron chi connectivity index (χ4n) is 1.88. The molecule has 0 aliphatic carbocycles. The number of hydrogen-bond acceptors (Lipinski definition) is 4. The summed E-state index contributed by atoms with van der Waals surface area (Å²) in [7, 11) is 0. The molecule has 4 heteroatoms. The van der Waals surface area contributed by atoms with E-state index in [1.54, 1.807) is 11.3 Å². The summed E-state index contributed by atoms with van der Waals surface area (Å²) in [5.74, 6) is 1.15. The number of benzene rings is 1. The van der Waals surface area contributed by atoms with Crippen molar-refractivity contribution in [2.24, 2.45) is 11.1 Å². The molecule has 0 atom stereocenters. The first-order valence-electron chi connectivity index (χ1n) is 6.79. The molecule has 1 heterocycles. The highest BCUT2D eigenvalue weighted by atomic mass is 32.2. The highest BCUT2D eigenvalue weighted by Crippen LogP contribution is 2.30. The average Bonchev–Trinajstić information content (AvgIpc) is 2.81. The first kappa shape index (κ1) is 14.8. The molecule has 2 aromatic rings. The van der Waals surface area contributed by atoms with Gasteiger partial charge in [0.05, 0.1) is 10.2 Å². The van der Waals surface area contributed by atoms with Crippen molar-refractivity contribution >= 4 is 33.3 Å². The summed E-state index contributed by atoms with van der Waals surface area (Å²) in [6.07, 6.45) is 3.70. The van der Waals surface area contributed by atoms with E-state index in [4.69, 9.17) is 5.73 Å². The van der Waals surface area contributed by atoms with Gasteiger partial charge in [0.2, 0.25) is 0 Å². The van der Waals surface area contributed by atoms with Crippen LogP contribution in [0, 0.1) is 5.41 Å². The van der Waals surface area contributed by atoms with E-state index in [9.17, 15) is 0 Å². The maximum absolute atomic E-state index is 5.74. The number of unbranched alkanes of at least 4 members (excludes halogenated alkanes) is 1. The third-order valence-electron chi connectivity index (χ3n) is 3.30. The first-order valence-corrected chi connectivity index (χ1v) is 8.59. The van der Waals surface area contributed by atoms with Crippen LogP contribution in [0.15, 0.2) is 28.6 Å². The van der Waals surface area contributed by atoms with Crippen molar-refractivity contribution in [1.29, 1.82) is 0 Å². The second kappa shape index (κ2) is 6.73. The van der Waals surface area contributed by atoms with Gasteiger partial charge in [-0.05, 0) is 36.9 Å². The molecule has 0 unspecified atom stereocenters. The second-order valence-corrected chi connectivity index (χ2v) is 7.99. The molecule has 0 spiro atoms. The van der Waals surface area contributed by atoms with Crippen LogP contribution in [0.25, 0.3) is 10.2 Å². The summed E-state index contributed by atoms with van der Waals surface area (Å²) >= 11 is 3.68. The molecule has 2 N–H and O–H groups in total. The predicted octanol–water partition coefficient (Wildman–Crippen LogP) is 4.54. The molecule has 2 nitrogen and oxygen atoms in total. The van der Waals surface area contributed by atoms with E-state index in [0.29, 0.717) is 5.41 Å². The topological polar surface area (TPSA) is 38.9 Å². The Morgan fingerprint density at radius 1 is 1.26 bits per heavy atom. The van der Waals surface area contributed by atoms with E-state index >= 15 is 0 Å². The second-order valence-electron chi connectivity index (χ2n) is 5.62. The minimum Gasteiger partial charge on any atom is -0.330 e. The van der Waals surface area contributed by atoms with Gasteiger partial charge in [-0.15, -0.1) is 11.3 Å². The van der Waals surface area contributed by atoms with Gasteiger partial charge in [0.15, 0.2) is 4.34 Å². The molecular formula is C15H22N2S2. The number of rotatable bonds is 7. The number of thiazole rings is 1. The Bertz CT molecular complexity index is 487. The van der Waals surface area contributed by atoms with E-state index in [1.807, 2.05) is 17.8 Å². The van der Waals surface area contributed by atoms with E-state index in [0.717, 1.165) is 17.8 Å². The first-order chi connectivity index (χ1) is 9.11. The monoisotopic (exact) mass is 294 g/mol. The third kappa shape index (κ3) is 4.48. The minimum atomic E-state index is 0.292. The Morgan fingerprint density at radius 2 is 2.05 bits per heavy atom. The van der Waals surface area contributed by atoms with E-state index in [2.05, 4.69) is 37.0 Å². The number of para-hydroxylation sites is 1. The van der Waals surface area contributed by atoms with E-state index in [1.165, 1.54) is 28.3 Å². The molecule has 0 aliphatic heterocycles. The lowest BCUT2D eigenvalue weighted by atomic mass is 9.88. The summed E-state index contributed by atoms with van der Waals surface area (Å²) in [6.45, 7) is 5.26. The number of nitrogens with two attached hydrogens (primary N) is 1. The smallest absolute Gasteiger partial charge is 0.151 e. The molecule has 2 rings (SSSR count). The SMILES string of the molecule is CC(C)(CN)CCCCSc1nc2ccccc2s1. The summed E-state index contributed by atoms with van der Waals surface area (Å²) in [5, 5.41) is 0. The molecule has 0 radical (unpaired) electrons. The lowest BCUT2D eigenvalue weighted by Gasteiger charge is -2.21. The maximum Gasteiger partial charge on any atom is 0.151 e. The lowest BCUT2D eigenvalue weighted by molar-refractivity contribution is 0.336. The van der Waals surface area contributed by atoms with Crippen LogP contribution in [0.2, 0.25) is 0 Å². The highest BCUT2D eigenvalue weighted by molar-refractivity contribution is 8.01. The van der Waals surface area contributed by atoms with Crippen LogP contribution in [-0.2, 0) is 0 Å². The molecule has 0 bridgehead atoms. The summed E-state index contributed by atoms with van der Waals surface area (Å²) in [4.78, 5) is 4.64. The molecule has 0 aliphatic rings. The maximum atomic E-state index is 5.74. The number of thioether (sulfide) groups is 1. The molecule has 0 fully saturated rings. The molecule has 19 heavy (non-hydrogen) atoms.